The minimum atomic E-state index is -0.872. The Labute approximate surface area is 146 Å². The molecule has 3 N–H and O–H groups in total. The maximum atomic E-state index is 11.9. The second kappa shape index (κ2) is 9.32. The lowest BCUT2D eigenvalue weighted by atomic mass is 10.0. The Balaban J connectivity index is 1.98. The van der Waals surface area contributed by atoms with Gasteiger partial charge in [0.15, 0.2) is 0 Å². The quantitative estimate of drug-likeness (QED) is 0.643. The molecular formula is C19H22N2O4. The number of carboxylic acids is 1. The van der Waals surface area contributed by atoms with E-state index < -0.39 is 5.97 Å². The summed E-state index contributed by atoms with van der Waals surface area (Å²) in [5.41, 5.74) is 2.77. The largest absolute Gasteiger partial charge is 0.496 e. The molecule has 0 aliphatic carbocycles. The van der Waals surface area contributed by atoms with Gasteiger partial charge < -0.3 is 20.5 Å². The lowest BCUT2D eigenvalue weighted by Crippen LogP contribution is -2.29. The number of urea groups is 1. The summed E-state index contributed by atoms with van der Waals surface area (Å²) in [4.78, 5) is 22.3. The van der Waals surface area contributed by atoms with E-state index in [-0.39, 0.29) is 12.5 Å². The second-order valence-corrected chi connectivity index (χ2v) is 5.57. The standard InChI is InChI=1S/C19H22N2O4/c1-25-17-10-9-16(21-19(24)20-11-5-8-18(22)23)13-15(17)12-14-6-3-2-4-7-14/h2-4,6-7,9-10,13H,5,8,11-12H2,1H3,(H,22,23)(H2,20,21,24). The van der Waals surface area contributed by atoms with Crippen molar-refractivity contribution in [2.24, 2.45) is 0 Å². The molecule has 0 fully saturated rings. The predicted molar refractivity (Wildman–Crippen MR) is 96.1 cm³/mol. The molecule has 2 aromatic rings. The molecule has 0 saturated heterocycles. The van der Waals surface area contributed by atoms with Gasteiger partial charge in [0.1, 0.15) is 5.75 Å². The Morgan fingerprint density at radius 3 is 2.56 bits per heavy atom. The van der Waals surface area contributed by atoms with Crippen LogP contribution in [0.15, 0.2) is 48.5 Å². The van der Waals surface area contributed by atoms with E-state index in [1.54, 1.807) is 13.2 Å². The van der Waals surface area contributed by atoms with Crippen molar-refractivity contribution in [2.45, 2.75) is 19.3 Å². The Bertz CT molecular complexity index is 717. The zero-order valence-electron chi connectivity index (χ0n) is 14.1. The number of amides is 2. The monoisotopic (exact) mass is 342 g/mol. The lowest BCUT2D eigenvalue weighted by molar-refractivity contribution is -0.137. The maximum Gasteiger partial charge on any atom is 0.319 e. The van der Waals surface area contributed by atoms with E-state index in [1.165, 1.54) is 0 Å². The van der Waals surface area contributed by atoms with Gasteiger partial charge in [-0.3, -0.25) is 4.79 Å². The highest BCUT2D eigenvalue weighted by Gasteiger charge is 2.08. The molecular weight excluding hydrogens is 320 g/mol. The van der Waals surface area contributed by atoms with E-state index in [2.05, 4.69) is 10.6 Å². The Morgan fingerprint density at radius 2 is 1.88 bits per heavy atom. The minimum Gasteiger partial charge on any atom is -0.496 e. The fraction of sp³-hybridized carbons (Fsp3) is 0.263. The van der Waals surface area contributed by atoms with E-state index in [0.717, 1.165) is 16.9 Å². The number of hydrogen-bond donors (Lipinski definition) is 3. The van der Waals surface area contributed by atoms with Crippen LogP contribution in [0.3, 0.4) is 0 Å². The summed E-state index contributed by atoms with van der Waals surface area (Å²) >= 11 is 0. The predicted octanol–water partition coefficient (Wildman–Crippen LogP) is 3.27. The van der Waals surface area contributed by atoms with Crippen LogP contribution in [0.5, 0.6) is 5.75 Å². The molecule has 0 atom stereocenters. The van der Waals surface area contributed by atoms with Gasteiger partial charge >= 0.3 is 12.0 Å². The van der Waals surface area contributed by atoms with Gasteiger partial charge in [0, 0.05) is 30.6 Å². The molecule has 0 bridgehead atoms. The normalized spacial score (nSPS) is 10.1. The van der Waals surface area contributed by atoms with Crippen LogP contribution in [0.1, 0.15) is 24.0 Å². The van der Waals surface area contributed by atoms with Crippen LogP contribution < -0.4 is 15.4 Å². The second-order valence-electron chi connectivity index (χ2n) is 5.57. The number of benzene rings is 2. The third-order valence-electron chi connectivity index (χ3n) is 3.63. The molecule has 0 spiro atoms. The molecule has 6 heteroatoms. The van der Waals surface area contributed by atoms with E-state index in [9.17, 15) is 9.59 Å². The maximum absolute atomic E-state index is 11.9. The van der Waals surface area contributed by atoms with Crippen molar-refractivity contribution in [1.29, 1.82) is 0 Å². The zero-order chi connectivity index (χ0) is 18.1. The smallest absolute Gasteiger partial charge is 0.319 e. The number of rotatable bonds is 8. The number of aliphatic carboxylic acids is 1. The average molecular weight is 342 g/mol. The van der Waals surface area contributed by atoms with Crippen LogP contribution in [-0.2, 0) is 11.2 Å². The number of carboxylic acid groups (broad SMARTS) is 1. The van der Waals surface area contributed by atoms with Crippen molar-refractivity contribution in [3.8, 4) is 5.75 Å². The van der Waals surface area contributed by atoms with Gasteiger partial charge in [-0.1, -0.05) is 30.3 Å². The van der Waals surface area contributed by atoms with Crippen LogP contribution in [0.25, 0.3) is 0 Å². The number of nitrogens with one attached hydrogen (secondary N) is 2. The molecule has 0 aliphatic rings. The average Bonchev–Trinajstić information content (AvgIpc) is 2.60. The first kappa shape index (κ1) is 18.3. The molecule has 0 aliphatic heterocycles. The molecule has 0 saturated carbocycles. The van der Waals surface area contributed by atoms with Crippen LogP contribution >= 0.6 is 0 Å². The lowest BCUT2D eigenvalue weighted by Gasteiger charge is -2.12. The SMILES string of the molecule is COc1ccc(NC(=O)NCCCC(=O)O)cc1Cc1ccccc1. The van der Waals surface area contributed by atoms with Crippen LogP contribution in [-0.4, -0.2) is 30.8 Å². The molecule has 0 aromatic heterocycles. The molecule has 0 heterocycles. The molecule has 2 amide bonds. The van der Waals surface area contributed by atoms with E-state index in [1.807, 2.05) is 42.5 Å². The summed E-state index contributed by atoms with van der Waals surface area (Å²) < 4.78 is 5.40. The van der Waals surface area contributed by atoms with Crippen LogP contribution in [0, 0.1) is 0 Å². The van der Waals surface area contributed by atoms with Gasteiger partial charge in [0.2, 0.25) is 0 Å². The summed E-state index contributed by atoms with van der Waals surface area (Å²) in [7, 11) is 1.62. The molecule has 25 heavy (non-hydrogen) atoms. The molecule has 2 aromatic carbocycles. The fourth-order valence-electron chi connectivity index (χ4n) is 2.43. The third-order valence-corrected chi connectivity index (χ3v) is 3.63. The van der Waals surface area contributed by atoms with Gasteiger partial charge in [0.05, 0.1) is 7.11 Å². The summed E-state index contributed by atoms with van der Waals surface area (Å²) in [6.07, 6.45) is 1.12. The minimum absolute atomic E-state index is 0.0318. The van der Waals surface area contributed by atoms with Gasteiger partial charge in [0.25, 0.3) is 0 Å². The molecule has 6 nitrogen and oxygen atoms in total. The number of carbonyl (C=O) groups excluding carboxylic acids is 1. The third kappa shape index (κ3) is 6.18. The highest BCUT2D eigenvalue weighted by atomic mass is 16.5. The van der Waals surface area contributed by atoms with Crippen molar-refractivity contribution >= 4 is 17.7 Å². The number of hydrogen-bond acceptors (Lipinski definition) is 3. The van der Waals surface area contributed by atoms with Crippen molar-refractivity contribution < 1.29 is 19.4 Å². The first-order valence-corrected chi connectivity index (χ1v) is 8.06. The molecule has 0 radical (unpaired) electrons. The summed E-state index contributed by atoms with van der Waals surface area (Å²) in [5, 5.41) is 14.0. The zero-order valence-corrected chi connectivity index (χ0v) is 14.1. The highest BCUT2D eigenvalue weighted by molar-refractivity contribution is 5.89. The first-order valence-electron chi connectivity index (χ1n) is 8.06. The summed E-state index contributed by atoms with van der Waals surface area (Å²) in [6, 6.07) is 15.1. The van der Waals surface area contributed by atoms with Gasteiger partial charge in [-0.2, -0.15) is 0 Å². The topological polar surface area (TPSA) is 87.7 Å². The molecule has 2 rings (SSSR count). The number of methoxy groups -OCH3 is 1. The Hall–Kier alpha value is -3.02. The number of ether oxygens (including phenoxy) is 1. The van der Waals surface area contributed by atoms with E-state index in [0.29, 0.717) is 25.1 Å². The van der Waals surface area contributed by atoms with Crippen LogP contribution in [0.4, 0.5) is 10.5 Å². The molecule has 132 valence electrons. The first-order chi connectivity index (χ1) is 12.1. The van der Waals surface area contributed by atoms with Crippen molar-refractivity contribution in [1.82, 2.24) is 5.32 Å². The fourth-order valence-corrected chi connectivity index (χ4v) is 2.43. The Morgan fingerprint density at radius 1 is 1.12 bits per heavy atom. The van der Waals surface area contributed by atoms with Gasteiger partial charge in [-0.25, -0.2) is 4.79 Å². The van der Waals surface area contributed by atoms with E-state index >= 15 is 0 Å². The van der Waals surface area contributed by atoms with Crippen molar-refractivity contribution in [3.63, 3.8) is 0 Å². The number of carbonyl (C=O) groups is 2. The van der Waals surface area contributed by atoms with E-state index in [4.69, 9.17) is 9.84 Å². The van der Waals surface area contributed by atoms with Crippen molar-refractivity contribution in [2.75, 3.05) is 19.0 Å². The summed E-state index contributed by atoms with van der Waals surface area (Å²) in [6.45, 7) is 0.311. The van der Waals surface area contributed by atoms with Crippen molar-refractivity contribution in [3.05, 3.63) is 59.7 Å². The highest BCUT2D eigenvalue weighted by Crippen LogP contribution is 2.25. The Kier molecular flexibility index (Phi) is 6.83. The van der Waals surface area contributed by atoms with Gasteiger partial charge in [-0.15, -0.1) is 0 Å². The number of anilines is 1. The summed E-state index contributed by atoms with van der Waals surface area (Å²) in [5.74, 6) is -0.112. The van der Waals surface area contributed by atoms with Crippen LogP contribution in [0.2, 0.25) is 0 Å². The van der Waals surface area contributed by atoms with Gasteiger partial charge in [-0.05, 0) is 30.2 Å². The molecule has 0 unspecified atom stereocenters.